The number of halogens is 1. The van der Waals surface area contributed by atoms with E-state index in [-0.39, 0.29) is 17.2 Å². The van der Waals surface area contributed by atoms with Crippen molar-refractivity contribution < 1.29 is 14.3 Å². The number of carbonyl (C=O) groups is 2. The first kappa shape index (κ1) is 14.4. The zero-order valence-electron chi connectivity index (χ0n) is 11.7. The number of nitrogens with one attached hydrogen (secondary N) is 1. The Morgan fingerprint density at radius 2 is 1.77 bits per heavy atom. The molecule has 0 bridgehead atoms. The predicted molar refractivity (Wildman–Crippen MR) is 84.5 cm³/mol. The molecule has 5 heteroatoms. The highest BCUT2D eigenvalue weighted by molar-refractivity contribution is 6.36. The van der Waals surface area contributed by atoms with Crippen molar-refractivity contribution in [3.8, 4) is 5.75 Å². The fourth-order valence-electron chi connectivity index (χ4n) is 2.32. The number of ether oxygens (including phenoxy) is 1. The van der Waals surface area contributed by atoms with Gasteiger partial charge in [-0.25, -0.2) is 0 Å². The van der Waals surface area contributed by atoms with Crippen LogP contribution in [0.25, 0.3) is 10.9 Å². The number of carbonyl (C=O) groups excluding carboxylic acids is 2. The normalized spacial score (nSPS) is 10.6. The molecule has 3 aromatic rings. The Kier molecular flexibility index (Phi) is 3.69. The number of aromatic nitrogens is 1. The van der Waals surface area contributed by atoms with E-state index >= 15 is 0 Å². The third-order valence-corrected chi connectivity index (χ3v) is 3.55. The second-order valence-electron chi connectivity index (χ2n) is 4.78. The molecule has 22 heavy (non-hydrogen) atoms. The summed E-state index contributed by atoms with van der Waals surface area (Å²) in [5.74, 6) is -0.603. The SMILES string of the molecule is CC(=O)Oc1c(C(=O)c2ccccc2)[nH]c2cccc(Cl)c12. The Morgan fingerprint density at radius 1 is 1.05 bits per heavy atom. The van der Waals surface area contributed by atoms with Crippen LogP contribution >= 0.6 is 11.6 Å². The van der Waals surface area contributed by atoms with Crippen LogP contribution in [0.1, 0.15) is 23.0 Å². The first-order valence-corrected chi connectivity index (χ1v) is 7.04. The maximum atomic E-state index is 12.7. The minimum absolute atomic E-state index is 0.168. The lowest BCUT2D eigenvalue weighted by Crippen LogP contribution is -2.08. The van der Waals surface area contributed by atoms with E-state index in [1.165, 1.54) is 6.92 Å². The number of aromatic amines is 1. The highest BCUT2D eigenvalue weighted by Gasteiger charge is 2.23. The van der Waals surface area contributed by atoms with Crippen LogP contribution in [0.5, 0.6) is 5.75 Å². The van der Waals surface area contributed by atoms with Crippen LogP contribution in [0.4, 0.5) is 0 Å². The van der Waals surface area contributed by atoms with Gasteiger partial charge in [-0.1, -0.05) is 48.0 Å². The molecule has 0 saturated carbocycles. The molecule has 0 atom stereocenters. The molecule has 4 nitrogen and oxygen atoms in total. The summed E-state index contributed by atoms with van der Waals surface area (Å²) in [6.45, 7) is 1.28. The van der Waals surface area contributed by atoms with Crippen molar-refractivity contribution in [3.05, 3.63) is 64.8 Å². The summed E-state index contributed by atoms with van der Waals surface area (Å²) < 4.78 is 5.25. The summed E-state index contributed by atoms with van der Waals surface area (Å²) in [5.41, 5.74) is 1.35. The Morgan fingerprint density at radius 3 is 2.45 bits per heavy atom. The average Bonchev–Trinajstić information content (AvgIpc) is 2.87. The number of hydrogen-bond donors (Lipinski definition) is 1. The Balaban J connectivity index is 2.22. The van der Waals surface area contributed by atoms with Gasteiger partial charge < -0.3 is 9.72 Å². The maximum absolute atomic E-state index is 12.7. The Labute approximate surface area is 131 Å². The van der Waals surface area contributed by atoms with Crippen LogP contribution in [0.15, 0.2) is 48.5 Å². The zero-order valence-corrected chi connectivity index (χ0v) is 12.5. The van der Waals surface area contributed by atoms with E-state index in [9.17, 15) is 9.59 Å². The molecular formula is C17H12ClNO3. The highest BCUT2D eigenvalue weighted by atomic mass is 35.5. The zero-order chi connectivity index (χ0) is 15.7. The highest BCUT2D eigenvalue weighted by Crippen LogP contribution is 2.36. The van der Waals surface area contributed by atoms with Gasteiger partial charge >= 0.3 is 5.97 Å². The number of ketones is 1. The van der Waals surface area contributed by atoms with Gasteiger partial charge in [0.05, 0.1) is 15.9 Å². The molecule has 0 radical (unpaired) electrons. The molecule has 2 aromatic carbocycles. The van der Waals surface area contributed by atoms with Crippen LogP contribution in [-0.4, -0.2) is 16.7 Å². The van der Waals surface area contributed by atoms with E-state index in [4.69, 9.17) is 16.3 Å². The third-order valence-electron chi connectivity index (χ3n) is 3.24. The van der Waals surface area contributed by atoms with E-state index in [1.807, 2.05) is 6.07 Å². The quantitative estimate of drug-likeness (QED) is 0.588. The average molecular weight is 314 g/mol. The summed E-state index contributed by atoms with van der Waals surface area (Å²) in [5, 5.41) is 0.941. The molecule has 0 saturated heterocycles. The molecule has 0 aliphatic carbocycles. The molecule has 0 amide bonds. The van der Waals surface area contributed by atoms with Gasteiger partial charge in [-0.05, 0) is 12.1 Å². The second-order valence-corrected chi connectivity index (χ2v) is 5.19. The molecule has 0 spiro atoms. The molecular weight excluding hydrogens is 302 g/mol. The van der Waals surface area contributed by atoms with Crippen LogP contribution in [-0.2, 0) is 4.79 Å². The van der Waals surface area contributed by atoms with Crippen LogP contribution < -0.4 is 4.74 Å². The second kappa shape index (κ2) is 5.66. The van der Waals surface area contributed by atoms with Crippen molar-refractivity contribution in [2.45, 2.75) is 6.92 Å². The van der Waals surface area contributed by atoms with Crippen molar-refractivity contribution in [2.75, 3.05) is 0 Å². The number of esters is 1. The van der Waals surface area contributed by atoms with Crippen molar-refractivity contribution in [2.24, 2.45) is 0 Å². The lowest BCUT2D eigenvalue weighted by molar-refractivity contribution is -0.131. The number of fused-ring (bicyclic) bond motifs is 1. The fraction of sp³-hybridized carbons (Fsp3) is 0.0588. The van der Waals surface area contributed by atoms with Gasteiger partial charge in [0.25, 0.3) is 0 Å². The molecule has 1 aromatic heterocycles. The smallest absolute Gasteiger partial charge is 0.308 e. The lowest BCUT2D eigenvalue weighted by Gasteiger charge is -2.04. The van der Waals surface area contributed by atoms with Crippen molar-refractivity contribution in [1.29, 1.82) is 0 Å². The predicted octanol–water partition coefficient (Wildman–Crippen LogP) is 3.98. The van der Waals surface area contributed by atoms with E-state index in [0.29, 0.717) is 21.5 Å². The molecule has 3 rings (SSSR count). The number of benzene rings is 2. The third kappa shape index (κ3) is 2.49. The van der Waals surface area contributed by atoms with Crippen LogP contribution in [0, 0.1) is 0 Å². The standard InChI is InChI=1S/C17H12ClNO3/c1-10(20)22-17-14-12(18)8-5-9-13(14)19-15(17)16(21)11-6-3-2-4-7-11/h2-9,19H,1H3. The molecule has 0 aliphatic heterocycles. The summed E-state index contributed by atoms with van der Waals surface area (Å²) in [6.07, 6.45) is 0. The van der Waals surface area contributed by atoms with Gasteiger partial charge in [-0.3, -0.25) is 9.59 Å². The molecule has 0 unspecified atom stereocenters. The largest absolute Gasteiger partial charge is 0.424 e. The molecule has 110 valence electrons. The molecule has 1 heterocycles. The van der Waals surface area contributed by atoms with Gasteiger partial charge in [-0.2, -0.15) is 0 Å². The first-order chi connectivity index (χ1) is 10.6. The van der Waals surface area contributed by atoms with Gasteiger partial charge in [-0.15, -0.1) is 0 Å². The van der Waals surface area contributed by atoms with Crippen LogP contribution in [0.3, 0.4) is 0 Å². The van der Waals surface area contributed by atoms with E-state index in [2.05, 4.69) is 4.98 Å². The van der Waals surface area contributed by atoms with E-state index in [0.717, 1.165) is 0 Å². The number of H-pyrrole nitrogens is 1. The van der Waals surface area contributed by atoms with Gasteiger partial charge in [0.2, 0.25) is 5.78 Å². The molecule has 1 N–H and O–H groups in total. The minimum atomic E-state index is -0.511. The summed E-state index contributed by atoms with van der Waals surface area (Å²) in [4.78, 5) is 27.0. The van der Waals surface area contributed by atoms with Gasteiger partial charge in [0, 0.05) is 12.5 Å². The topological polar surface area (TPSA) is 59.2 Å². The summed E-state index contributed by atoms with van der Waals surface area (Å²) in [6, 6.07) is 14.0. The molecule has 0 fully saturated rings. The van der Waals surface area contributed by atoms with Crippen molar-refractivity contribution >= 4 is 34.3 Å². The fourth-order valence-corrected chi connectivity index (χ4v) is 2.58. The maximum Gasteiger partial charge on any atom is 0.308 e. The Hall–Kier alpha value is -2.59. The summed E-state index contributed by atoms with van der Waals surface area (Å²) in [7, 11) is 0. The first-order valence-electron chi connectivity index (χ1n) is 6.66. The minimum Gasteiger partial charge on any atom is -0.424 e. The van der Waals surface area contributed by atoms with E-state index < -0.39 is 5.97 Å². The Bertz CT molecular complexity index is 868. The van der Waals surface area contributed by atoms with E-state index in [1.54, 1.807) is 42.5 Å². The molecule has 0 aliphatic rings. The number of hydrogen-bond acceptors (Lipinski definition) is 3. The van der Waals surface area contributed by atoms with Gasteiger partial charge in [0.15, 0.2) is 5.75 Å². The number of rotatable bonds is 3. The van der Waals surface area contributed by atoms with Crippen LogP contribution in [0.2, 0.25) is 5.02 Å². The van der Waals surface area contributed by atoms with Gasteiger partial charge in [0.1, 0.15) is 5.69 Å². The van der Waals surface area contributed by atoms with Crippen molar-refractivity contribution in [3.63, 3.8) is 0 Å². The summed E-state index contributed by atoms with van der Waals surface area (Å²) >= 11 is 6.19. The van der Waals surface area contributed by atoms with Crippen molar-refractivity contribution in [1.82, 2.24) is 4.98 Å². The lowest BCUT2D eigenvalue weighted by atomic mass is 10.1. The monoisotopic (exact) mass is 313 g/mol.